The van der Waals surface area contributed by atoms with Crippen LogP contribution in [0.5, 0.6) is 5.75 Å². The van der Waals surface area contributed by atoms with Gasteiger partial charge in [0.2, 0.25) is 0 Å². The molecule has 2 aromatic carbocycles. The molecule has 2 heterocycles. The summed E-state index contributed by atoms with van der Waals surface area (Å²) in [6.07, 6.45) is 29.7. The zero-order chi connectivity index (χ0) is 27.2. The molecule has 0 fully saturated rings. The lowest BCUT2D eigenvalue weighted by molar-refractivity contribution is 0.204. The average Bonchev–Trinajstić information content (AvgIpc) is 3.43. The number of nitrogens with one attached hydrogen (secondary N) is 2. The maximum absolute atomic E-state index is 6.30. The predicted molar refractivity (Wildman–Crippen MR) is 166 cm³/mol. The number of nitrogens with zero attached hydrogens (tertiary/aromatic N) is 1. The molecule has 6 unspecified atom stereocenters. The van der Waals surface area contributed by atoms with Crippen LogP contribution in [0, 0.1) is 11.8 Å². The smallest absolute Gasteiger partial charge is 0.131 e. The van der Waals surface area contributed by atoms with E-state index in [1.54, 1.807) is 0 Å². The zero-order valence-electron chi connectivity index (χ0n) is 23.1. The van der Waals surface area contributed by atoms with Crippen LogP contribution in [0.4, 0.5) is 0 Å². The summed E-state index contributed by atoms with van der Waals surface area (Å²) in [6.45, 7) is 0. The van der Waals surface area contributed by atoms with Gasteiger partial charge >= 0.3 is 0 Å². The van der Waals surface area contributed by atoms with Crippen molar-refractivity contribution in [2.45, 2.75) is 50.0 Å². The SMILES string of the molecule is C1=CC2=CC=C(C3=CCC(C4NC(c5ccccc5)=NC(c5ccc6c(c5)C5C=CCCC5O6)N4)C=C3)CC2C=C1. The van der Waals surface area contributed by atoms with E-state index in [0.717, 1.165) is 42.8 Å². The summed E-state index contributed by atoms with van der Waals surface area (Å²) in [7, 11) is 0. The minimum atomic E-state index is -0.136. The summed E-state index contributed by atoms with van der Waals surface area (Å²) < 4.78 is 6.30. The first-order valence-electron chi connectivity index (χ1n) is 15.1. The van der Waals surface area contributed by atoms with Crippen LogP contribution in [0.15, 0.2) is 137 Å². The first-order chi connectivity index (χ1) is 20.3. The quantitative estimate of drug-likeness (QED) is 0.401. The Labute approximate surface area is 242 Å². The highest BCUT2D eigenvalue weighted by Crippen LogP contribution is 2.44. The van der Waals surface area contributed by atoms with Crippen molar-refractivity contribution in [2.24, 2.45) is 16.8 Å². The van der Waals surface area contributed by atoms with Crippen molar-refractivity contribution in [1.82, 2.24) is 10.6 Å². The van der Waals surface area contributed by atoms with E-state index < -0.39 is 0 Å². The van der Waals surface area contributed by atoms with E-state index in [0.29, 0.717) is 17.8 Å². The molecule has 0 bridgehead atoms. The van der Waals surface area contributed by atoms with E-state index in [1.165, 1.54) is 27.8 Å². The molecule has 8 rings (SSSR count). The third-order valence-electron chi connectivity index (χ3n) is 9.30. The molecule has 0 spiro atoms. The number of rotatable bonds is 4. The van der Waals surface area contributed by atoms with Gasteiger partial charge in [0.1, 0.15) is 23.9 Å². The standard InChI is InChI=1S/C37H35N3O/c1-2-9-26(10-3-1)35-38-36(27-17-14-25(15-18-27)29-19-16-24-8-4-5-11-28(24)22-29)40-37(39-35)30-20-21-34-32(23-30)31-12-6-7-13-33(31)41-34/h1-6,8-12,14-17,19-21,23,27-28,31,33,36-37,40H,7,13,18,22H2,(H,38,39). The molecule has 4 heteroatoms. The first-order valence-corrected chi connectivity index (χ1v) is 15.1. The third kappa shape index (κ3) is 4.66. The molecule has 2 N–H and O–H groups in total. The largest absolute Gasteiger partial charge is 0.489 e. The Balaban J connectivity index is 1.06. The Bertz CT molecular complexity index is 1600. The first kappa shape index (κ1) is 24.6. The van der Waals surface area contributed by atoms with Crippen LogP contribution in [0.1, 0.15) is 54.5 Å². The Hall–Kier alpha value is -4.15. The van der Waals surface area contributed by atoms with Gasteiger partial charge in [0.05, 0.1) is 6.17 Å². The van der Waals surface area contributed by atoms with E-state index in [4.69, 9.17) is 9.73 Å². The lowest BCUT2D eigenvalue weighted by Gasteiger charge is -2.36. The number of amidine groups is 1. The maximum atomic E-state index is 6.30. The highest BCUT2D eigenvalue weighted by atomic mass is 16.5. The van der Waals surface area contributed by atoms with Crippen LogP contribution in [-0.4, -0.2) is 18.1 Å². The molecular formula is C37H35N3O. The highest BCUT2D eigenvalue weighted by molar-refractivity contribution is 5.99. The van der Waals surface area contributed by atoms with Gasteiger partial charge in [-0.2, -0.15) is 0 Å². The molecule has 4 nitrogen and oxygen atoms in total. The molecule has 0 aromatic heterocycles. The molecule has 6 atom stereocenters. The van der Waals surface area contributed by atoms with E-state index >= 15 is 0 Å². The number of fused-ring (bicyclic) bond motifs is 4. The van der Waals surface area contributed by atoms with Gasteiger partial charge in [0.15, 0.2) is 0 Å². The molecular weight excluding hydrogens is 502 g/mol. The summed E-state index contributed by atoms with van der Waals surface area (Å²) in [5.74, 6) is 3.13. The Morgan fingerprint density at radius 3 is 2.78 bits per heavy atom. The number of hydrogen-bond acceptors (Lipinski definition) is 4. The molecule has 2 aliphatic heterocycles. The van der Waals surface area contributed by atoms with Gasteiger partial charge in [0.25, 0.3) is 0 Å². The molecule has 41 heavy (non-hydrogen) atoms. The number of hydrogen-bond donors (Lipinski definition) is 2. The van der Waals surface area contributed by atoms with Crippen molar-refractivity contribution in [2.75, 3.05) is 0 Å². The predicted octanol–water partition coefficient (Wildman–Crippen LogP) is 7.35. The fourth-order valence-electron chi connectivity index (χ4n) is 7.03. The molecule has 0 radical (unpaired) electrons. The summed E-state index contributed by atoms with van der Waals surface area (Å²) in [5, 5.41) is 7.61. The van der Waals surface area contributed by atoms with Crippen LogP contribution >= 0.6 is 0 Å². The maximum Gasteiger partial charge on any atom is 0.131 e. The molecule has 2 aromatic rings. The van der Waals surface area contributed by atoms with Crippen molar-refractivity contribution < 1.29 is 4.74 Å². The van der Waals surface area contributed by atoms with Gasteiger partial charge in [-0.1, -0.05) is 103 Å². The lowest BCUT2D eigenvalue weighted by atomic mass is 9.80. The second-order valence-electron chi connectivity index (χ2n) is 11.9. The van der Waals surface area contributed by atoms with Crippen LogP contribution in [0.2, 0.25) is 0 Å². The van der Waals surface area contributed by atoms with Crippen LogP contribution in [-0.2, 0) is 0 Å². The fraction of sp³-hybridized carbons (Fsp3) is 0.270. The second-order valence-corrected chi connectivity index (χ2v) is 11.9. The van der Waals surface area contributed by atoms with Crippen LogP contribution < -0.4 is 15.4 Å². The van der Waals surface area contributed by atoms with Gasteiger partial charge in [-0.05, 0) is 60.1 Å². The zero-order valence-corrected chi connectivity index (χ0v) is 23.1. The third-order valence-corrected chi connectivity index (χ3v) is 9.30. The Kier molecular flexibility index (Phi) is 6.22. The normalized spacial score (nSPS) is 31.0. The topological polar surface area (TPSA) is 45.7 Å². The van der Waals surface area contributed by atoms with Crippen molar-refractivity contribution in [3.63, 3.8) is 0 Å². The minimum absolute atomic E-state index is 0.0619. The fourth-order valence-corrected chi connectivity index (χ4v) is 7.03. The van der Waals surface area contributed by atoms with Gasteiger partial charge < -0.3 is 10.1 Å². The van der Waals surface area contributed by atoms with Crippen LogP contribution in [0.25, 0.3) is 0 Å². The van der Waals surface area contributed by atoms with Crippen molar-refractivity contribution in [3.8, 4) is 5.75 Å². The summed E-state index contributed by atoms with van der Waals surface area (Å²) in [6, 6.07) is 17.2. The van der Waals surface area contributed by atoms with E-state index in [1.807, 2.05) is 0 Å². The van der Waals surface area contributed by atoms with Gasteiger partial charge in [0, 0.05) is 28.9 Å². The molecule has 0 saturated carbocycles. The molecule has 4 aliphatic carbocycles. The molecule has 0 amide bonds. The number of ether oxygens (including phenoxy) is 1. The van der Waals surface area contributed by atoms with Crippen molar-refractivity contribution in [1.29, 1.82) is 0 Å². The summed E-state index contributed by atoms with van der Waals surface area (Å²) >= 11 is 0. The minimum Gasteiger partial charge on any atom is -0.489 e. The lowest BCUT2D eigenvalue weighted by Crippen LogP contribution is -2.54. The van der Waals surface area contributed by atoms with Crippen molar-refractivity contribution in [3.05, 3.63) is 149 Å². The van der Waals surface area contributed by atoms with E-state index in [-0.39, 0.29) is 18.4 Å². The second kappa shape index (κ2) is 10.4. The summed E-state index contributed by atoms with van der Waals surface area (Å²) in [4.78, 5) is 5.19. The summed E-state index contributed by atoms with van der Waals surface area (Å²) in [5.41, 5.74) is 7.80. The molecule has 0 saturated heterocycles. The molecule has 204 valence electrons. The molecule has 6 aliphatic rings. The highest BCUT2D eigenvalue weighted by Gasteiger charge is 2.35. The Morgan fingerprint density at radius 1 is 0.927 bits per heavy atom. The van der Waals surface area contributed by atoms with E-state index in [9.17, 15) is 0 Å². The number of aliphatic imine (C=N–C) groups is 1. The van der Waals surface area contributed by atoms with Gasteiger partial charge in [-0.15, -0.1) is 0 Å². The number of benzene rings is 2. The van der Waals surface area contributed by atoms with Gasteiger partial charge in [-0.3, -0.25) is 5.32 Å². The van der Waals surface area contributed by atoms with Crippen molar-refractivity contribution >= 4 is 5.84 Å². The average molecular weight is 538 g/mol. The monoisotopic (exact) mass is 537 g/mol. The number of allylic oxidation sites excluding steroid dienone is 12. The van der Waals surface area contributed by atoms with Gasteiger partial charge in [-0.25, -0.2) is 4.99 Å². The van der Waals surface area contributed by atoms with Crippen LogP contribution in [0.3, 0.4) is 0 Å². The Morgan fingerprint density at radius 2 is 1.88 bits per heavy atom. The van der Waals surface area contributed by atoms with E-state index in [2.05, 4.69) is 126 Å².